The normalized spacial score (nSPS) is 26.4. The molecule has 6 heteroatoms. The van der Waals surface area contributed by atoms with Gasteiger partial charge in [-0.1, -0.05) is 42.8 Å². The topological polar surface area (TPSA) is 42.4 Å². The predicted molar refractivity (Wildman–Crippen MR) is 114 cm³/mol. The monoisotopic (exact) mass is 494 g/mol. The highest BCUT2D eigenvalue weighted by Gasteiger charge is 2.50. The van der Waals surface area contributed by atoms with Gasteiger partial charge in [0.25, 0.3) is 5.91 Å². The molecule has 2 aromatic rings. The molecule has 1 saturated carbocycles. The van der Waals surface area contributed by atoms with Crippen molar-refractivity contribution < 1.29 is 9.53 Å². The fraction of sp³-hybridized carbons (Fsp3) is 0.524. The van der Waals surface area contributed by atoms with Crippen molar-refractivity contribution >= 4 is 48.7 Å². The number of nitrogens with zero attached hydrogens (tertiary/aromatic N) is 2. The smallest absolute Gasteiger partial charge is 0.260 e. The van der Waals surface area contributed by atoms with E-state index in [0.717, 1.165) is 39.2 Å². The van der Waals surface area contributed by atoms with Crippen LogP contribution >= 0.6 is 31.9 Å². The van der Waals surface area contributed by atoms with Crippen LogP contribution in [0.15, 0.2) is 33.3 Å². The zero-order valence-corrected chi connectivity index (χ0v) is 19.1. The lowest BCUT2D eigenvalue weighted by atomic mass is 9.65. The maximum atomic E-state index is 13.0. The first-order valence-corrected chi connectivity index (χ1v) is 10.9. The minimum absolute atomic E-state index is 0.0406. The first kappa shape index (κ1) is 19.2. The third kappa shape index (κ3) is 3.63. The number of halogens is 2. The highest BCUT2D eigenvalue weighted by molar-refractivity contribution is 9.11. The van der Waals surface area contributed by atoms with Crippen LogP contribution in [0.3, 0.4) is 0 Å². The summed E-state index contributed by atoms with van der Waals surface area (Å²) in [5.41, 5.74) is 1.27. The first-order chi connectivity index (χ1) is 12.7. The Morgan fingerprint density at radius 1 is 1.30 bits per heavy atom. The van der Waals surface area contributed by atoms with Gasteiger partial charge in [-0.05, 0) is 58.2 Å². The van der Waals surface area contributed by atoms with Crippen molar-refractivity contribution in [1.82, 2.24) is 9.88 Å². The van der Waals surface area contributed by atoms with Crippen LogP contribution in [-0.2, 0) is 4.79 Å². The molecule has 27 heavy (non-hydrogen) atoms. The summed E-state index contributed by atoms with van der Waals surface area (Å²) in [6.07, 6.45) is 5.09. The second-order valence-corrected chi connectivity index (χ2v) is 10.8. The molecule has 2 atom stereocenters. The van der Waals surface area contributed by atoms with Gasteiger partial charge < -0.3 is 9.64 Å². The number of pyridine rings is 1. The molecule has 1 aromatic heterocycles. The molecule has 2 fully saturated rings. The molecule has 1 aliphatic heterocycles. The van der Waals surface area contributed by atoms with Crippen LogP contribution < -0.4 is 4.74 Å². The standard InChI is InChI=1S/C21H24Br2N2O2/c1-20(2)8-13-9-21(3,11-20)12-25(13)17(26)10-27-19-16(23)7-15(22)14-5-4-6-24-18(14)19/h4-7,13H,8-12H2,1-3H3. The number of likely N-dealkylation sites (tertiary alicyclic amines) is 1. The van der Waals surface area contributed by atoms with E-state index in [9.17, 15) is 4.79 Å². The van der Waals surface area contributed by atoms with Gasteiger partial charge in [0.05, 0.1) is 4.47 Å². The summed E-state index contributed by atoms with van der Waals surface area (Å²) in [6.45, 7) is 7.83. The van der Waals surface area contributed by atoms with Crippen molar-refractivity contribution in [3.8, 4) is 5.75 Å². The Labute approximate surface area is 176 Å². The maximum absolute atomic E-state index is 13.0. The molecule has 0 spiro atoms. The number of amides is 1. The Kier molecular flexibility index (Phi) is 4.78. The van der Waals surface area contributed by atoms with Crippen molar-refractivity contribution in [2.45, 2.75) is 46.1 Å². The molecule has 1 aliphatic carbocycles. The molecule has 144 valence electrons. The summed E-state index contributed by atoms with van der Waals surface area (Å²) >= 11 is 7.11. The van der Waals surface area contributed by atoms with Gasteiger partial charge in [0.2, 0.25) is 0 Å². The van der Waals surface area contributed by atoms with Crippen LogP contribution in [0.25, 0.3) is 10.9 Å². The van der Waals surface area contributed by atoms with E-state index in [4.69, 9.17) is 4.74 Å². The van der Waals surface area contributed by atoms with Crippen LogP contribution in [0.4, 0.5) is 0 Å². The number of rotatable bonds is 3. The molecular formula is C21H24Br2N2O2. The Hall–Kier alpha value is -1.14. The van der Waals surface area contributed by atoms with Gasteiger partial charge in [0, 0.05) is 28.6 Å². The average Bonchev–Trinajstić information content (AvgIpc) is 2.83. The average molecular weight is 496 g/mol. The molecule has 4 rings (SSSR count). The Morgan fingerprint density at radius 2 is 2.07 bits per heavy atom. The summed E-state index contributed by atoms with van der Waals surface area (Å²) in [6, 6.07) is 6.15. The van der Waals surface area contributed by atoms with Gasteiger partial charge in [-0.25, -0.2) is 0 Å². The Bertz CT molecular complexity index is 914. The van der Waals surface area contributed by atoms with Gasteiger partial charge >= 0.3 is 0 Å². The van der Waals surface area contributed by atoms with E-state index in [0.29, 0.717) is 17.2 Å². The number of aromatic nitrogens is 1. The molecule has 1 saturated heterocycles. The number of ether oxygens (including phenoxy) is 1. The number of carbonyl (C=O) groups is 1. The summed E-state index contributed by atoms with van der Waals surface area (Å²) in [4.78, 5) is 19.5. The maximum Gasteiger partial charge on any atom is 0.260 e. The number of carbonyl (C=O) groups excluding carboxylic acids is 1. The van der Waals surface area contributed by atoms with Crippen molar-refractivity contribution in [2.75, 3.05) is 13.2 Å². The fourth-order valence-corrected chi connectivity index (χ4v) is 6.64. The van der Waals surface area contributed by atoms with E-state index >= 15 is 0 Å². The molecular weight excluding hydrogens is 472 g/mol. The van der Waals surface area contributed by atoms with Crippen LogP contribution in [0.5, 0.6) is 5.75 Å². The van der Waals surface area contributed by atoms with Crippen LogP contribution in [0, 0.1) is 10.8 Å². The number of hydrogen-bond donors (Lipinski definition) is 0. The van der Waals surface area contributed by atoms with Gasteiger partial charge in [0.15, 0.2) is 12.4 Å². The molecule has 2 aliphatic rings. The molecule has 2 unspecified atom stereocenters. The SMILES string of the molecule is CC1(C)CC2CC(C)(CN2C(=O)COc2c(Br)cc(Br)c3cccnc23)C1. The summed E-state index contributed by atoms with van der Waals surface area (Å²) in [7, 11) is 0. The number of hydrogen-bond acceptors (Lipinski definition) is 3. The minimum Gasteiger partial charge on any atom is -0.480 e. The van der Waals surface area contributed by atoms with Crippen molar-refractivity contribution in [3.63, 3.8) is 0 Å². The summed E-state index contributed by atoms with van der Waals surface area (Å²) in [5.74, 6) is 0.691. The first-order valence-electron chi connectivity index (χ1n) is 9.33. The third-order valence-corrected chi connectivity index (χ3v) is 7.07. The molecule has 1 amide bonds. The quantitative estimate of drug-likeness (QED) is 0.559. The zero-order chi connectivity index (χ0) is 19.4. The third-order valence-electron chi connectivity index (χ3n) is 5.83. The van der Waals surface area contributed by atoms with E-state index in [-0.39, 0.29) is 17.9 Å². The number of fused-ring (bicyclic) bond motifs is 3. The summed E-state index contributed by atoms with van der Waals surface area (Å²) < 4.78 is 7.73. The molecule has 1 aromatic carbocycles. The second kappa shape index (κ2) is 6.73. The van der Waals surface area contributed by atoms with Crippen LogP contribution in [0.1, 0.15) is 40.0 Å². The second-order valence-electron chi connectivity index (χ2n) is 9.09. The largest absolute Gasteiger partial charge is 0.480 e. The zero-order valence-electron chi connectivity index (χ0n) is 15.9. The van der Waals surface area contributed by atoms with E-state index < -0.39 is 0 Å². The minimum atomic E-state index is 0.0406. The summed E-state index contributed by atoms with van der Waals surface area (Å²) in [5, 5.41) is 0.967. The Morgan fingerprint density at radius 3 is 2.85 bits per heavy atom. The Balaban J connectivity index is 1.53. The fourth-order valence-electron chi connectivity index (χ4n) is 5.25. The van der Waals surface area contributed by atoms with Gasteiger partial charge in [0.1, 0.15) is 5.52 Å². The lowest BCUT2D eigenvalue weighted by Gasteiger charge is -2.39. The van der Waals surface area contributed by atoms with Crippen molar-refractivity contribution in [1.29, 1.82) is 0 Å². The van der Waals surface area contributed by atoms with Crippen LogP contribution in [0.2, 0.25) is 0 Å². The van der Waals surface area contributed by atoms with E-state index in [1.165, 1.54) is 6.42 Å². The van der Waals surface area contributed by atoms with E-state index in [2.05, 4.69) is 62.5 Å². The van der Waals surface area contributed by atoms with Gasteiger partial charge in [-0.15, -0.1) is 0 Å². The molecule has 0 N–H and O–H groups in total. The van der Waals surface area contributed by atoms with E-state index in [1.54, 1.807) is 6.20 Å². The van der Waals surface area contributed by atoms with Gasteiger partial charge in [-0.2, -0.15) is 0 Å². The molecule has 0 radical (unpaired) electrons. The van der Waals surface area contributed by atoms with E-state index in [1.807, 2.05) is 18.2 Å². The molecule has 2 bridgehead atoms. The predicted octanol–water partition coefficient (Wildman–Crippen LogP) is 5.57. The van der Waals surface area contributed by atoms with Crippen molar-refractivity contribution in [3.05, 3.63) is 33.3 Å². The van der Waals surface area contributed by atoms with Crippen molar-refractivity contribution in [2.24, 2.45) is 10.8 Å². The highest BCUT2D eigenvalue weighted by Crippen LogP contribution is 2.52. The van der Waals surface area contributed by atoms with Gasteiger partial charge in [-0.3, -0.25) is 9.78 Å². The lowest BCUT2D eigenvalue weighted by Crippen LogP contribution is -2.40. The lowest BCUT2D eigenvalue weighted by molar-refractivity contribution is -0.134. The highest BCUT2D eigenvalue weighted by atomic mass is 79.9. The number of benzene rings is 1. The molecule has 4 nitrogen and oxygen atoms in total. The molecule has 2 heterocycles. The van der Waals surface area contributed by atoms with Crippen LogP contribution in [-0.4, -0.2) is 35.0 Å².